The number of hydrogen-bond acceptors (Lipinski definition) is 4. The minimum Gasteiger partial charge on any atom is -0.481 e. The van der Waals surface area contributed by atoms with Gasteiger partial charge in [0.25, 0.3) is 0 Å². The van der Waals surface area contributed by atoms with Gasteiger partial charge in [-0.3, -0.25) is 9.59 Å². The lowest BCUT2D eigenvalue weighted by molar-refractivity contribution is -0.138. The van der Waals surface area contributed by atoms with E-state index in [2.05, 4.69) is 10.3 Å². The Balaban J connectivity index is 1.78. The summed E-state index contributed by atoms with van der Waals surface area (Å²) < 4.78 is 0. The van der Waals surface area contributed by atoms with E-state index < -0.39 is 11.9 Å². The first-order chi connectivity index (χ1) is 8.15. The summed E-state index contributed by atoms with van der Waals surface area (Å²) in [5.41, 5.74) is 0.647. The predicted molar refractivity (Wildman–Crippen MR) is 62.2 cm³/mol. The quantitative estimate of drug-likeness (QED) is 0.856. The molecule has 1 aromatic rings. The minimum atomic E-state index is -0.825. The van der Waals surface area contributed by atoms with Gasteiger partial charge in [-0.05, 0) is 25.7 Å². The molecule has 0 bridgehead atoms. The molecule has 2 N–H and O–H groups in total. The molecule has 1 aromatic heterocycles. The average molecular weight is 252 g/mol. The van der Waals surface area contributed by atoms with Gasteiger partial charge in [-0.2, -0.15) is 0 Å². The fourth-order valence-electron chi connectivity index (χ4n) is 2.07. The van der Waals surface area contributed by atoms with Gasteiger partial charge >= 0.3 is 5.97 Å². The van der Waals surface area contributed by atoms with E-state index in [-0.39, 0.29) is 11.8 Å². The number of aryl methyl sites for hydroxylation is 1. The van der Waals surface area contributed by atoms with Crippen LogP contribution in [0.2, 0.25) is 0 Å². The van der Waals surface area contributed by atoms with Gasteiger partial charge in [0.05, 0.1) is 5.69 Å². The SMILES string of the molecule is O=C(Nc1nc2c(s1)CCC2C(=O)O)C1CC1. The zero-order valence-electron chi connectivity index (χ0n) is 9.10. The van der Waals surface area contributed by atoms with E-state index in [1.807, 2.05) is 0 Å². The van der Waals surface area contributed by atoms with Crippen molar-refractivity contribution in [3.05, 3.63) is 10.6 Å². The molecule has 6 heteroatoms. The van der Waals surface area contributed by atoms with Gasteiger partial charge in [-0.1, -0.05) is 0 Å². The number of carbonyl (C=O) groups excluding carboxylic acids is 1. The smallest absolute Gasteiger partial charge is 0.312 e. The topological polar surface area (TPSA) is 79.3 Å². The monoisotopic (exact) mass is 252 g/mol. The number of carboxylic acids is 1. The van der Waals surface area contributed by atoms with Gasteiger partial charge in [0.15, 0.2) is 5.13 Å². The molecular weight excluding hydrogens is 240 g/mol. The van der Waals surface area contributed by atoms with Crippen LogP contribution in [0.3, 0.4) is 0 Å². The van der Waals surface area contributed by atoms with Gasteiger partial charge in [-0.15, -0.1) is 11.3 Å². The Morgan fingerprint density at radius 2 is 2.12 bits per heavy atom. The van der Waals surface area contributed by atoms with Crippen LogP contribution < -0.4 is 5.32 Å². The molecule has 1 heterocycles. The number of anilines is 1. The maximum absolute atomic E-state index is 11.6. The van der Waals surface area contributed by atoms with Crippen molar-refractivity contribution in [3.8, 4) is 0 Å². The van der Waals surface area contributed by atoms with E-state index in [0.29, 0.717) is 17.2 Å². The summed E-state index contributed by atoms with van der Waals surface area (Å²) >= 11 is 1.41. The van der Waals surface area contributed by atoms with Crippen molar-refractivity contribution in [1.29, 1.82) is 0 Å². The summed E-state index contributed by atoms with van der Waals surface area (Å²) in [4.78, 5) is 27.8. The molecule has 1 atom stereocenters. The normalized spacial score (nSPS) is 22.2. The van der Waals surface area contributed by atoms with Crippen LogP contribution in [0.1, 0.15) is 35.8 Å². The number of aliphatic carboxylic acids is 1. The second kappa shape index (κ2) is 3.80. The number of aromatic nitrogens is 1. The fourth-order valence-corrected chi connectivity index (χ4v) is 3.12. The highest BCUT2D eigenvalue weighted by Crippen LogP contribution is 2.39. The zero-order chi connectivity index (χ0) is 12.0. The molecule has 1 amide bonds. The van der Waals surface area contributed by atoms with Crippen molar-refractivity contribution >= 4 is 28.3 Å². The molecule has 1 saturated carbocycles. The first kappa shape index (κ1) is 10.7. The van der Waals surface area contributed by atoms with Gasteiger partial charge in [0.1, 0.15) is 5.92 Å². The van der Waals surface area contributed by atoms with Crippen LogP contribution in [0.5, 0.6) is 0 Å². The zero-order valence-corrected chi connectivity index (χ0v) is 9.92. The fraction of sp³-hybridized carbons (Fsp3) is 0.545. The summed E-state index contributed by atoms with van der Waals surface area (Å²) in [7, 11) is 0. The molecule has 0 spiro atoms. The molecule has 0 aromatic carbocycles. The summed E-state index contributed by atoms with van der Waals surface area (Å²) in [5.74, 6) is -1.16. The van der Waals surface area contributed by atoms with Gasteiger partial charge < -0.3 is 10.4 Å². The second-order valence-corrected chi connectivity index (χ2v) is 5.60. The lowest BCUT2D eigenvalue weighted by atomic mass is 10.1. The van der Waals surface area contributed by atoms with Gasteiger partial charge in [0.2, 0.25) is 5.91 Å². The number of nitrogens with one attached hydrogen (secondary N) is 1. The highest BCUT2D eigenvalue weighted by atomic mass is 32.1. The van der Waals surface area contributed by atoms with Crippen molar-refractivity contribution in [3.63, 3.8) is 0 Å². The van der Waals surface area contributed by atoms with E-state index in [4.69, 9.17) is 5.11 Å². The summed E-state index contributed by atoms with van der Waals surface area (Å²) in [5, 5.41) is 12.3. The number of carbonyl (C=O) groups is 2. The Bertz CT molecular complexity index is 493. The molecular formula is C11H12N2O3S. The molecule has 3 rings (SSSR count). The van der Waals surface area contributed by atoms with Crippen LogP contribution in [0.25, 0.3) is 0 Å². The first-order valence-electron chi connectivity index (χ1n) is 5.68. The number of thiazole rings is 1. The van der Waals surface area contributed by atoms with E-state index in [9.17, 15) is 9.59 Å². The van der Waals surface area contributed by atoms with E-state index >= 15 is 0 Å². The highest BCUT2D eigenvalue weighted by molar-refractivity contribution is 7.16. The Morgan fingerprint density at radius 3 is 2.76 bits per heavy atom. The van der Waals surface area contributed by atoms with Crippen LogP contribution in [-0.2, 0) is 16.0 Å². The Hall–Kier alpha value is -1.43. The summed E-state index contributed by atoms with van der Waals surface area (Å²) in [6, 6.07) is 0. The van der Waals surface area contributed by atoms with Crippen molar-refractivity contribution < 1.29 is 14.7 Å². The molecule has 0 radical (unpaired) electrons. The number of hydrogen-bond donors (Lipinski definition) is 2. The third kappa shape index (κ3) is 1.93. The Labute approximate surface area is 102 Å². The molecule has 1 fully saturated rings. The van der Waals surface area contributed by atoms with Crippen molar-refractivity contribution in [2.75, 3.05) is 5.32 Å². The molecule has 2 aliphatic rings. The molecule has 90 valence electrons. The van der Waals surface area contributed by atoms with E-state index in [1.165, 1.54) is 11.3 Å². The number of carboxylic acid groups (broad SMARTS) is 1. The third-order valence-electron chi connectivity index (χ3n) is 3.19. The molecule has 2 aliphatic carbocycles. The minimum absolute atomic E-state index is 0.0179. The highest BCUT2D eigenvalue weighted by Gasteiger charge is 2.34. The van der Waals surface area contributed by atoms with Crippen molar-refractivity contribution in [2.24, 2.45) is 5.92 Å². The Morgan fingerprint density at radius 1 is 1.35 bits per heavy atom. The van der Waals surface area contributed by atoms with E-state index in [1.54, 1.807) is 0 Å². The molecule has 17 heavy (non-hydrogen) atoms. The van der Waals surface area contributed by atoms with Crippen molar-refractivity contribution in [1.82, 2.24) is 4.98 Å². The molecule has 1 unspecified atom stereocenters. The molecule has 0 aliphatic heterocycles. The Kier molecular flexibility index (Phi) is 2.39. The maximum atomic E-state index is 11.6. The van der Waals surface area contributed by atoms with Gasteiger partial charge in [0, 0.05) is 10.8 Å². The average Bonchev–Trinajstić information content (AvgIpc) is 2.93. The predicted octanol–water partition coefficient (Wildman–Crippen LogP) is 1.61. The second-order valence-electron chi connectivity index (χ2n) is 4.52. The van der Waals surface area contributed by atoms with Gasteiger partial charge in [-0.25, -0.2) is 4.98 Å². The number of rotatable bonds is 3. The number of amides is 1. The van der Waals surface area contributed by atoms with Crippen LogP contribution in [0, 0.1) is 5.92 Å². The van der Waals surface area contributed by atoms with Crippen LogP contribution in [0.4, 0.5) is 5.13 Å². The standard InChI is InChI=1S/C11H12N2O3S/c14-9(5-1-2-5)13-11-12-8-6(10(15)16)3-4-7(8)17-11/h5-6H,1-4H2,(H,15,16)(H,12,13,14). The maximum Gasteiger partial charge on any atom is 0.312 e. The summed E-state index contributed by atoms with van der Waals surface area (Å²) in [6.07, 6.45) is 3.28. The molecule has 0 saturated heterocycles. The molecule has 5 nitrogen and oxygen atoms in total. The largest absolute Gasteiger partial charge is 0.481 e. The third-order valence-corrected chi connectivity index (χ3v) is 4.24. The lowest BCUT2D eigenvalue weighted by Crippen LogP contribution is -2.14. The number of fused-ring (bicyclic) bond motifs is 1. The van der Waals surface area contributed by atoms with Crippen LogP contribution >= 0.6 is 11.3 Å². The lowest BCUT2D eigenvalue weighted by Gasteiger charge is -2.02. The summed E-state index contributed by atoms with van der Waals surface area (Å²) in [6.45, 7) is 0. The number of nitrogens with zero attached hydrogens (tertiary/aromatic N) is 1. The van der Waals surface area contributed by atoms with E-state index in [0.717, 1.165) is 24.1 Å². The van der Waals surface area contributed by atoms with Crippen LogP contribution in [-0.4, -0.2) is 22.0 Å². The van der Waals surface area contributed by atoms with Crippen LogP contribution in [0.15, 0.2) is 0 Å². The van der Waals surface area contributed by atoms with Crippen molar-refractivity contribution in [2.45, 2.75) is 31.6 Å². The first-order valence-corrected chi connectivity index (χ1v) is 6.50.